The summed E-state index contributed by atoms with van der Waals surface area (Å²) in [5.41, 5.74) is 6.20. The standard InChI is InChI=1S/C20H20N4O4S2/c1-3-21-30(27,28)16-11-7-10-15(12-16)18(25)23-24-19(26)17-13(2)22-20(29-17)14-8-5-4-6-9-14/h4-12,21H,3H2,1-2H3,(H,23,25)(H,24,26). The number of aryl methyl sites for hydroxylation is 1. The number of nitrogens with zero attached hydrogens (tertiary/aromatic N) is 1. The van der Waals surface area contributed by atoms with E-state index in [1.807, 2.05) is 30.3 Å². The van der Waals surface area contributed by atoms with Crippen molar-refractivity contribution in [2.24, 2.45) is 0 Å². The van der Waals surface area contributed by atoms with Gasteiger partial charge in [0.1, 0.15) is 9.88 Å². The molecule has 0 unspecified atom stereocenters. The van der Waals surface area contributed by atoms with E-state index in [-0.39, 0.29) is 17.0 Å². The van der Waals surface area contributed by atoms with Crippen LogP contribution in [0.1, 0.15) is 32.6 Å². The molecule has 0 atom stereocenters. The van der Waals surface area contributed by atoms with Crippen LogP contribution in [0.15, 0.2) is 59.5 Å². The minimum absolute atomic E-state index is 0.0332. The predicted octanol–water partition coefficient (Wildman–Crippen LogP) is 2.49. The van der Waals surface area contributed by atoms with Crippen molar-refractivity contribution in [3.63, 3.8) is 0 Å². The van der Waals surface area contributed by atoms with Gasteiger partial charge in [0.05, 0.1) is 10.6 Å². The first-order valence-electron chi connectivity index (χ1n) is 9.05. The van der Waals surface area contributed by atoms with Crippen molar-refractivity contribution in [1.82, 2.24) is 20.6 Å². The van der Waals surface area contributed by atoms with Gasteiger partial charge < -0.3 is 0 Å². The first-order chi connectivity index (χ1) is 14.3. The van der Waals surface area contributed by atoms with Crippen LogP contribution in [0, 0.1) is 6.92 Å². The summed E-state index contributed by atoms with van der Waals surface area (Å²) in [7, 11) is -3.69. The number of aromatic nitrogens is 1. The van der Waals surface area contributed by atoms with Crippen molar-refractivity contribution in [1.29, 1.82) is 0 Å². The minimum atomic E-state index is -3.69. The van der Waals surface area contributed by atoms with E-state index < -0.39 is 21.8 Å². The molecule has 0 spiro atoms. The fraction of sp³-hybridized carbons (Fsp3) is 0.150. The van der Waals surface area contributed by atoms with E-state index in [9.17, 15) is 18.0 Å². The molecule has 1 heterocycles. The number of carbonyl (C=O) groups is 2. The van der Waals surface area contributed by atoms with E-state index in [1.54, 1.807) is 13.8 Å². The molecule has 0 saturated carbocycles. The zero-order valence-corrected chi connectivity index (χ0v) is 17.9. The zero-order chi connectivity index (χ0) is 21.7. The van der Waals surface area contributed by atoms with Crippen LogP contribution in [0.4, 0.5) is 0 Å². The van der Waals surface area contributed by atoms with Gasteiger partial charge in [-0.25, -0.2) is 18.1 Å². The summed E-state index contributed by atoms with van der Waals surface area (Å²) in [5.74, 6) is -1.14. The average molecular weight is 445 g/mol. The molecular weight excluding hydrogens is 424 g/mol. The molecule has 3 rings (SSSR count). The van der Waals surface area contributed by atoms with Gasteiger partial charge in [0.15, 0.2) is 0 Å². The summed E-state index contributed by atoms with van der Waals surface area (Å²) in [6, 6.07) is 15.0. The predicted molar refractivity (Wildman–Crippen MR) is 115 cm³/mol. The van der Waals surface area contributed by atoms with E-state index in [1.165, 1.54) is 35.6 Å². The van der Waals surface area contributed by atoms with Crippen LogP contribution in [0.5, 0.6) is 0 Å². The molecule has 3 N–H and O–H groups in total. The van der Waals surface area contributed by atoms with Crippen LogP contribution in [0.2, 0.25) is 0 Å². The number of thiazole rings is 1. The van der Waals surface area contributed by atoms with Gasteiger partial charge in [-0.15, -0.1) is 11.3 Å². The molecule has 30 heavy (non-hydrogen) atoms. The number of carbonyl (C=O) groups excluding carboxylic acids is 2. The van der Waals surface area contributed by atoms with Crippen LogP contribution in [-0.4, -0.2) is 31.8 Å². The molecule has 0 fully saturated rings. The van der Waals surface area contributed by atoms with E-state index in [4.69, 9.17) is 0 Å². The normalized spacial score (nSPS) is 11.1. The number of rotatable bonds is 6. The summed E-state index contributed by atoms with van der Waals surface area (Å²) in [5, 5.41) is 0.700. The van der Waals surface area contributed by atoms with E-state index in [0.717, 1.165) is 5.56 Å². The Morgan fingerprint density at radius 2 is 1.70 bits per heavy atom. The van der Waals surface area contributed by atoms with Gasteiger partial charge in [0.2, 0.25) is 10.0 Å². The molecular formula is C20H20N4O4S2. The Morgan fingerprint density at radius 3 is 2.40 bits per heavy atom. The second-order valence-corrected chi connectivity index (χ2v) is 9.00. The number of hydrogen-bond donors (Lipinski definition) is 3. The quantitative estimate of drug-likeness (QED) is 0.505. The third-order valence-electron chi connectivity index (χ3n) is 4.05. The molecule has 3 aromatic rings. The van der Waals surface area contributed by atoms with Crippen molar-refractivity contribution in [2.45, 2.75) is 18.7 Å². The monoisotopic (exact) mass is 444 g/mol. The lowest BCUT2D eigenvalue weighted by molar-refractivity contribution is 0.0848. The fourth-order valence-corrected chi connectivity index (χ4v) is 4.69. The molecule has 0 aliphatic carbocycles. The molecule has 10 heteroatoms. The average Bonchev–Trinajstić information content (AvgIpc) is 3.14. The van der Waals surface area contributed by atoms with Gasteiger partial charge >= 0.3 is 0 Å². The largest absolute Gasteiger partial charge is 0.281 e. The van der Waals surface area contributed by atoms with E-state index in [0.29, 0.717) is 15.6 Å². The molecule has 156 valence electrons. The van der Waals surface area contributed by atoms with Crippen molar-refractivity contribution in [2.75, 3.05) is 6.54 Å². The van der Waals surface area contributed by atoms with Gasteiger partial charge in [-0.05, 0) is 25.1 Å². The van der Waals surface area contributed by atoms with Gasteiger partial charge in [-0.2, -0.15) is 0 Å². The lowest BCUT2D eigenvalue weighted by atomic mass is 10.2. The van der Waals surface area contributed by atoms with Crippen molar-refractivity contribution in [3.05, 3.63) is 70.7 Å². The van der Waals surface area contributed by atoms with Gasteiger partial charge in [-0.3, -0.25) is 20.4 Å². The number of sulfonamides is 1. The van der Waals surface area contributed by atoms with E-state index in [2.05, 4.69) is 20.6 Å². The highest BCUT2D eigenvalue weighted by Crippen LogP contribution is 2.27. The third kappa shape index (κ3) is 4.90. The topological polar surface area (TPSA) is 117 Å². The van der Waals surface area contributed by atoms with Gasteiger partial charge in [0, 0.05) is 17.7 Å². The Kier molecular flexibility index (Phi) is 6.60. The highest BCUT2D eigenvalue weighted by atomic mass is 32.2. The molecule has 2 amide bonds. The molecule has 2 aromatic carbocycles. The summed E-state index contributed by atoms with van der Waals surface area (Å²) in [6.45, 7) is 3.61. The second-order valence-electron chi connectivity index (χ2n) is 6.24. The highest BCUT2D eigenvalue weighted by molar-refractivity contribution is 7.89. The molecule has 0 radical (unpaired) electrons. The van der Waals surface area contributed by atoms with Crippen molar-refractivity contribution >= 4 is 33.2 Å². The molecule has 0 bridgehead atoms. The Balaban J connectivity index is 1.70. The van der Waals surface area contributed by atoms with Gasteiger partial charge in [-0.1, -0.05) is 43.3 Å². The number of hydrazine groups is 1. The molecule has 1 aromatic heterocycles. The Bertz CT molecular complexity index is 1170. The number of nitrogens with one attached hydrogen (secondary N) is 3. The summed E-state index contributed by atoms with van der Waals surface area (Å²) in [4.78, 5) is 29.6. The third-order valence-corrected chi connectivity index (χ3v) is 6.80. The second kappa shape index (κ2) is 9.16. The maximum atomic E-state index is 12.5. The van der Waals surface area contributed by atoms with Crippen molar-refractivity contribution in [3.8, 4) is 10.6 Å². The van der Waals surface area contributed by atoms with Gasteiger partial charge in [0.25, 0.3) is 11.8 Å². The zero-order valence-electron chi connectivity index (χ0n) is 16.3. The highest BCUT2D eigenvalue weighted by Gasteiger charge is 2.18. The Morgan fingerprint density at radius 1 is 1.00 bits per heavy atom. The lowest BCUT2D eigenvalue weighted by Crippen LogP contribution is -2.41. The lowest BCUT2D eigenvalue weighted by Gasteiger charge is -2.09. The summed E-state index contributed by atoms with van der Waals surface area (Å²) in [6.07, 6.45) is 0. The summed E-state index contributed by atoms with van der Waals surface area (Å²) >= 11 is 1.22. The Hall–Kier alpha value is -3.08. The Labute approximate surface area is 178 Å². The van der Waals surface area contributed by atoms with E-state index >= 15 is 0 Å². The fourth-order valence-electron chi connectivity index (χ4n) is 2.63. The number of amides is 2. The van der Waals surface area contributed by atoms with Crippen LogP contribution in [-0.2, 0) is 10.0 Å². The van der Waals surface area contributed by atoms with Crippen LogP contribution >= 0.6 is 11.3 Å². The minimum Gasteiger partial charge on any atom is -0.267 e. The maximum Gasteiger partial charge on any atom is 0.281 e. The summed E-state index contributed by atoms with van der Waals surface area (Å²) < 4.78 is 26.6. The smallest absolute Gasteiger partial charge is 0.267 e. The first-order valence-corrected chi connectivity index (χ1v) is 11.3. The molecule has 0 aliphatic rings. The SMILES string of the molecule is CCNS(=O)(=O)c1cccc(C(=O)NNC(=O)c2sc(-c3ccccc3)nc2C)c1. The number of benzene rings is 2. The first kappa shape index (κ1) is 21.6. The van der Waals surface area contributed by atoms with Crippen LogP contribution < -0.4 is 15.6 Å². The maximum absolute atomic E-state index is 12.5. The van der Waals surface area contributed by atoms with Crippen LogP contribution in [0.3, 0.4) is 0 Å². The molecule has 0 saturated heterocycles. The van der Waals surface area contributed by atoms with Crippen molar-refractivity contribution < 1.29 is 18.0 Å². The molecule has 0 aliphatic heterocycles. The number of hydrogen-bond acceptors (Lipinski definition) is 6. The van der Waals surface area contributed by atoms with Crippen LogP contribution in [0.25, 0.3) is 10.6 Å². The molecule has 8 nitrogen and oxygen atoms in total.